The number of carboxylic acids is 1. The molecule has 3 N–H and O–H groups in total. The van der Waals surface area contributed by atoms with E-state index in [0.29, 0.717) is 37.2 Å². The summed E-state index contributed by atoms with van der Waals surface area (Å²) in [7, 11) is -0.444. The van der Waals surface area contributed by atoms with Crippen LogP contribution in [0.25, 0.3) is 0 Å². The van der Waals surface area contributed by atoms with E-state index in [-0.39, 0.29) is 17.6 Å². The first-order chi connectivity index (χ1) is 15.5. The van der Waals surface area contributed by atoms with Gasteiger partial charge in [0.05, 0.1) is 38.7 Å². The minimum Gasteiger partial charge on any atom is -0.481 e. The number of aromatic nitrogens is 1. The maximum absolute atomic E-state index is 11.0. The highest BCUT2D eigenvalue weighted by Gasteiger charge is 2.37. The van der Waals surface area contributed by atoms with Gasteiger partial charge in [-0.3, -0.25) is 4.79 Å². The minimum atomic E-state index is -1.98. The van der Waals surface area contributed by atoms with Gasteiger partial charge in [-0.1, -0.05) is 51.1 Å². The molecule has 0 aliphatic heterocycles. The highest BCUT2D eigenvalue weighted by Crippen LogP contribution is 2.36. The molecule has 0 unspecified atom stereocenters. The van der Waals surface area contributed by atoms with E-state index in [1.54, 1.807) is 12.1 Å². The monoisotopic (exact) mass is 475 g/mol. The minimum absolute atomic E-state index is 0.0743. The van der Waals surface area contributed by atoms with E-state index in [1.165, 1.54) is 7.11 Å². The van der Waals surface area contributed by atoms with Crippen LogP contribution in [0, 0.1) is 0 Å². The number of carbonyl (C=O) groups is 1. The van der Waals surface area contributed by atoms with Crippen LogP contribution < -0.4 is 15.4 Å². The quantitative estimate of drug-likeness (QED) is 0.361. The lowest BCUT2D eigenvalue weighted by molar-refractivity contribution is -0.134. The summed E-state index contributed by atoms with van der Waals surface area (Å²) >= 11 is 0. The van der Waals surface area contributed by atoms with Crippen LogP contribution in [0.3, 0.4) is 0 Å². The van der Waals surface area contributed by atoms with Gasteiger partial charge in [-0.05, 0) is 29.8 Å². The zero-order valence-corrected chi connectivity index (χ0v) is 21.5. The Hall–Kier alpha value is -2.62. The fourth-order valence-corrected chi connectivity index (χ4v) is 3.77. The fourth-order valence-electron chi connectivity index (χ4n) is 2.72. The van der Waals surface area contributed by atoms with Gasteiger partial charge in [-0.2, -0.15) is 4.98 Å². The van der Waals surface area contributed by atoms with Crippen LogP contribution in [0.5, 0.6) is 5.88 Å². The van der Waals surface area contributed by atoms with E-state index in [4.69, 9.17) is 19.0 Å². The Labute approximate surface area is 197 Å². The molecule has 0 bridgehead atoms. The molecule has 0 fully saturated rings. The average Bonchev–Trinajstić information content (AvgIpc) is 2.76. The van der Waals surface area contributed by atoms with Crippen molar-refractivity contribution in [3.63, 3.8) is 0 Å². The van der Waals surface area contributed by atoms with Crippen molar-refractivity contribution in [3.8, 4) is 5.88 Å². The second-order valence-electron chi connectivity index (χ2n) is 9.41. The Bertz CT molecular complexity index is 887. The molecule has 0 amide bonds. The lowest BCUT2D eigenvalue weighted by Crippen LogP contribution is -2.44. The van der Waals surface area contributed by atoms with E-state index in [9.17, 15) is 4.79 Å². The largest absolute Gasteiger partial charge is 0.481 e. The number of hydrogen-bond acceptors (Lipinski definition) is 7. The van der Waals surface area contributed by atoms with E-state index < -0.39 is 14.3 Å². The van der Waals surface area contributed by atoms with Crippen LogP contribution in [0.4, 0.5) is 11.5 Å². The van der Waals surface area contributed by atoms with Crippen molar-refractivity contribution in [1.82, 2.24) is 4.98 Å². The highest BCUT2D eigenvalue weighted by molar-refractivity contribution is 6.74. The number of hydrogen-bond donors (Lipinski definition) is 3. The molecule has 0 aliphatic rings. The third kappa shape index (κ3) is 8.68. The summed E-state index contributed by atoms with van der Waals surface area (Å²) in [6.07, 6.45) is 0. The van der Waals surface area contributed by atoms with Crippen LogP contribution >= 0.6 is 0 Å². The molecule has 1 aromatic carbocycles. The van der Waals surface area contributed by atoms with Crippen LogP contribution in [0.2, 0.25) is 18.1 Å². The second-order valence-corrected chi connectivity index (χ2v) is 14.2. The van der Waals surface area contributed by atoms with E-state index in [2.05, 4.69) is 49.5 Å². The van der Waals surface area contributed by atoms with Crippen molar-refractivity contribution < 1.29 is 23.8 Å². The number of methoxy groups -OCH3 is 1. The number of rotatable bonds is 13. The van der Waals surface area contributed by atoms with Gasteiger partial charge >= 0.3 is 5.97 Å². The van der Waals surface area contributed by atoms with E-state index >= 15 is 0 Å². The molecule has 1 atom stereocenters. The summed E-state index contributed by atoms with van der Waals surface area (Å²) in [5, 5.41) is 15.4. The number of anilines is 2. The first-order valence-corrected chi connectivity index (χ1v) is 14.0. The van der Waals surface area contributed by atoms with Gasteiger partial charge in [0.1, 0.15) is 6.54 Å². The molecule has 2 rings (SSSR count). The van der Waals surface area contributed by atoms with Crippen molar-refractivity contribution in [2.45, 2.75) is 51.6 Å². The third-order valence-electron chi connectivity index (χ3n) is 5.73. The second kappa shape index (κ2) is 12.0. The van der Waals surface area contributed by atoms with Gasteiger partial charge in [0.25, 0.3) is 0 Å². The maximum atomic E-state index is 11.0. The Morgan fingerprint density at radius 1 is 1.12 bits per heavy atom. The molecule has 2 aromatic rings. The fraction of sp³-hybridized carbons (Fsp3) is 0.500. The van der Waals surface area contributed by atoms with Crippen LogP contribution in [-0.2, 0) is 20.6 Å². The molecule has 0 saturated heterocycles. The summed E-state index contributed by atoms with van der Waals surface area (Å²) < 4.78 is 17.7. The molecule has 0 aliphatic carbocycles. The maximum Gasteiger partial charge on any atom is 0.322 e. The summed E-state index contributed by atoms with van der Waals surface area (Å²) in [6, 6.07) is 13.2. The van der Waals surface area contributed by atoms with Gasteiger partial charge in [0.15, 0.2) is 14.1 Å². The Morgan fingerprint density at radius 3 is 2.42 bits per heavy atom. The molecule has 0 saturated carbocycles. The van der Waals surface area contributed by atoms with E-state index in [0.717, 1.165) is 5.56 Å². The van der Waals surface area contributed by atoms with Crippen molar-refractivity contribution in [3.05, 3.63) is 48.0 Å². The molecule has 182 valence electrons. The Balaban J connectivity index is 2.18. The molecule has 9 heteroatoms. The Kier molecular flexibility index (Phi) is 9.69. The number of benzene rings is 1. The zero-order valence-electron chi connectivity index (χ0n) is 20.5. The van der Waals surface area contributed by atoms with Crippen molar-refractivity contribution in [1.29, 1.82) is 0 Å². The zero-order chi connectivity index (χ0) is 24.5. The van der Waals surface area contributed by atoms with Crippen LogP contribution in [-0.4, -0.2) is 57.3 Å². The van der Waals surface area contributed by atoms with Crippen LogP contribution in [0.1, 0.15) is 26.3 Å². The molecule has 8 nitrogen and oxygen atoms in total. The van der Waals surface area contributed by atoms with E-state index in [1.807, 2.05) is 30.3 Å². The number of nitrogens with zero attached hydrogens (tertiary/aromatic N) is 1. The number of ether oxygens (including phenoxy) is 2. The molecular weight excluding hydrogens is 438 g/mol. The average molecular weight is 476 g/mol. The molecular formula is C24H37N3O5Si. The highest BCUT2D eigenvalue weighted by atomic mass is 28.4. The number of aliphatic carboxylic acids is 1. The number of pyridine rings is 1. The summed E-state index contributed by atoms with van der Waals surface area (Å²) in [5.41, 5.74) is 1.66. The van der Waals surface area contributed by atoms with Crippen molar-refractivity contribution in [2.75, 3.05) is 37.5 Å². The summed E-state index contributed by atoms with van der Waals surface area (Å²) in [6.45, 7) is 12.1. The van der Waals surface area contributed by atoms with Crippen molar-refractivity contribution in [2.24, 2.45) is 0 Å². The lowest BCUT2D eigenvalue weighted by atomic mass is 10.2. The molecule has 0 spiro atoms. The number of carboxylic acid groups (broad SMARTS) is 1. The first-order valence-electron chi connectivity index (χ1n) is 11.0. The first kappa shape index (κ1) is 26.6. The van der Waals surface area contributed by atoms with Gasteiger partial charge in [0.2, 0.25) is 5.88 Å². The van der Waals surface area contributed by atoms with Crippen molar-refractivity contribution >= 4 is 25.8 Å². The smallest absolute Gasteiger partial charge is 0.322 e. The summed E-state index contributed by atoms with van der Waals surface area (Å²) in [4.78, 5) is 15.5. The number of nitrogens with one attached hydrogen (secondary N) is 2. The SMILES string of the molecule is COc1ccc(NCC(=O)O)c(N[C@@H](COCc2ccccc2)CO[Si](C)(C)C(C)(C)C)n1. The third-order valence-corrected chi connectivity index (χ3v) is 10.2. The summed E-state index contributed by atoms with van der Waals surface area (Å²) in [5.74, 6) is -0.0452. The molecule has 0 radical (unpaired) electrons. The van der Waals surface area contributed by atoms with Gasteiger partial charge in [-0.25, -0.2) is 0 Å². The molecule has 33 heavy (non-hydrogen) atoms. The lowest BCUT2D eigenvalue weighted by Gasteiger charge is -2.37. The standard InChI is InChI=1S/C24H37N3O5Si/c1-24(2,3)33(5,6)32-17-19(16-31-15-18-10-8-7-9-11-18)26-23-20(25-14-22(28)29)12-13-21(27-23)30-4/h7-13,19,25H,14-17H2,1-6H3,(H,26,27)(H,28,29)/t19-/m0/s1. The molecule has 1 heterocycles. The van der Waals surface area contributed by atoms with Gasteiger partial charge in [0, 0.05) is 6.07 Å². The predicted molar refractivity (Wildman–Crippen MR) is 134 cm³/mol. The predicted octanol–water partition coefficient (Wildman–Crippen LogP) is 4.61. The Morgan fingerprint density at radius 2 is 1.82 bits per heavy atom. The molecule has 1 aromatic heterocycles. The van der Waals surface area contributed by atoms with Crippen LogP contribution in [0.15, 0.2) is 42.5 Å². The topological polar surface area (TPSA) is 102 Å². The normalized spacial score (nSPS) is 12.8. The van der Waals surface area contributed by atoms with Gasteiger partial charge in [-0.15, -0.1) is 0 Å². The van der Waals surface area contributed by atoms with Gasteiger partial charge < -0.3 is 29.6 Å².